The van der Waals surface area contributed by atoms with Crippen molar-refractivity contribution in [3.05, 3.63) is 58.5 Å². The second-order valence-electron chi connectivity index (χ2n) is 6.33. The maximum absolute atomic E-state index is 13.8. The van der Waals surface area contributed by atoms with Crippen molar-refractivity contribution < 1.29 is 27.8 Å². The Morgan fingerprint density at radius 2 is 2.21 bits per heavy atom. The van der Waals surface area contributed by atoms with Crippen molar-refractivity contribution >= 4 is 17.5 Å². The van der Waals surface area contributed by atoms with Crippen molar-refractivity contribution in [1.82, 2.24) is 19.9 Å². The zero-order valence-corrected chi connectivity index (χ0v) is 15.1. The molecular weight excluding hydrogens is 388 g/mol. The number of nitrogens with one attached hydrogen (secondary N) is 1. The molecule has 0 aliphatic carbocycles. The normalized spacial score (nSPS) is 15.2. The van der Waals surface area contributed by atoms with Crippen LogP contribution in [0.15, 0.2) is 24.4 Å². The largest absolute Gasteiger partial charge is 0.488 e. The van der Waals surface area contributed by atoms with Crippen LogP contribution in [0.5, 0.6) is 5.75 Å². The van der Waals surface area contributed by atoms with Gasteiger partial charge in [0.1, 0.15) is 29.4 Å². The fourth-order valence-electron chi connectivity index (χ4n) is 3.25. The summed E-state index contributed by atoms with van der Waals surface area (Å²) < 4.78 is 38.8. The second-order valence-corrected chi connectivity index (χ2v) is 6.33. The Hall–Kier alpha value is -3.60. The van der Waals surface area contributed by atoms with Crippen LogP contribution in [0.2, 0.25) is 0 Å². The number of benzene rings is 1. The average Bonchev–Trinajstić information content (AvgIpc) is 3.23. The third-order valence-corrected chi connectivity index (χ3v) is 4.46. The summed E-state index contributed by atoms with van der Waals surface area (Å²) >= 11 is 0. The van der Waals surface area contributed by atoms with Gasteiger partial charge in [0.2, 0.25) is 0 Å². The molecule has 9 nitrogen and oxygen atoms in total. The van der Waals surface area contributed by atoms with Gasteiger partial charge in [0.15, 0.2) is 17.2 Å². The number of nitrogens with zero attached hydrogens (tertiary/aromatic N) is 3. The Labute approximate surface area is 162 Å². The standard InChI is InChI=1S/C18H15F2N5O4/c1-28-6-12-14(16(21)26)17-22-3-2-13(25(17)24-12)18(27)23-11-7-29-15-9(11)4-8(19)5-10(15)20/h2-5,11H,6-7H2,1H3,(H2,21,26)(H,23,27). The molecule has 2 aromatic heterocycles. The molecule has 3 N–H and O–H groups in total. The van der Waals surface area contributed by atoms with Gasteiger partial charge in [-0.2, -0.15) is 5.10 Å². The number of carbonyl (C=O) groups is 2. The smallest absolute Gasteiger partial charge is 0.270 e. The summed E-state index contributed by atoms with van der Waals surface area (Å²) in [5.74, 6) is -3.09. The number of rotatable bonds is 5. The van der Waals surface area contributed by atoms with E-state index >= 15 is 0 Å². The maximum atomic E-state index is 13.8. The number of aromatic nitrogens is 3. The number of amides is 2. The minimum absolute atomic E-state index is 0.00884. The summed E-state index contributed by atoms with van der Waals surface area (Å²) in [6.07, 6.45) is 1.33. The van der Waals surface area contributed by atoms with Crippen LogP contribution in [-0.4, -0.2) is 40.1 Å². The van der Waals surface area contributed by atoms with Gasteiger partial charge in [-0.1, -0.05) is 0 Å². The molecule has 3 aromatic rings. The molecule has 11 heteroatoms. The SMILES string of the molecule is COCc1nn2c(C(=O)NC3COc4c(F)cc(F)cc43)ccnc2c1C(N)=O. The Kier molecular flexibility index (Phi) is 4.59. The molecule has 0 fully saturated rings. The summed E-state index contributed by atoms with van der Waals surface area (Å²) in [6.45, 7) is -0.0681. The third kappa shape index (κ3) is 3.14. The first kappa shape index (κ1) is 18.7. The summed E-state index contributed by atoms with van der Waals surface area (Å²) in [6, 6.07) is 2.44. The van der Waals surface area contributed by atoms with Gasteiger partial charge in [-0.05, 0) is 12.1 Å². The fourth-order valence-corrected chi connectivity index (χ4v) is 3.25. The quantitative estimate of drug-likeness (QED) is 0.659. The summed E-state index contributed by atoms with van der Waals surface area (Å²) in [4.78, 5) is 28.7. The number of primary amides is 1. The van der Waals surface area contributed by atoms with Crippen LogP contribution in [0.3, 0.4) is 0 Å². The van der Waals surface area contributed by atoms with E-state index in [4.69, 9.17) is 15.2 Å². The van der Waals surface area contributed by atoms with E-state index in [0.717, 1.165) is 6.07 Å². The third-order valence-electron chi connectivity index (χ3n) is 4.46. The lowest BCUT2D eigenvalue weighted by atomic mass is 10.1. The molecule has 1 atom stereocenters. The summed E-state index contributed by atoms with van der Waals surface area (Å²) in [5.41, 5.74) is 6.02. The van der Waals surface area contributed by atoms with Crippen LogP contribution in [0.4, 0.5) is 8.78 Å². The number of hydrogen-bond donors (Lipinski definition) is 2. The number of methoxy groups -OCH3 is 1. The highest BCUT2D eigenvalue weighted by atomic mass is 19.1. The molecule has 1 aromatic carbocycles. The lowest BCUT2D eigenvalue weighted by molar-refractivity contribution is 0.0921. The second kappa shape index (κ2) is 7.09. The number of hydrogen-bond acceptors (Lipinski definition) is 6. The van der Waals surface area contributed by atoms with Gasteiger partial charge in [-0.3, -0.25) is 9.59 Å². The predicted molar refractivity (Wildman–Crippen MR) is 94.3 cm³/mol. The van der Waals surface area contributed by atoms with E-state index in [-0.39, 0.29) is 47.1 Å². The van der Waals surface area contributed by atoms with E-state index in [0.29, 0.717) is 6.07 Å². The van der Waals surface area contributed by atoms with Crippen molar-refractivity contribution in [2.45, 2.75) is 12.6 Å². The Bertz CT molecular complexity index is 1150. The number of nitrogens with two attached hydrogens (primary N) is 1. The first-order chi connectivity index (χ1) is 13.9. The maximum Gasteiger partial charge on any atom is 0.270 e. The van der Waals surface area contributed by atoms with Gasteiger partial charge < -0.3 is 20.5 Å². The molecule has 3 heterocycles. The molecular formula is C18H15F2N5O4. The van der Waals surface area contributed by atoms with Gasteiger partial charge in [-0.15, -0.1) is 0 Å². The summed E-state index contributed by atoms with van der Waals surface area (Å²) in [5, 5.41) is 6.86. The van der Waals surface area contributed by atoms with Crippen LogP contribution >= 0.6 is 0 Å². The Balaban J connectivity index is 1.71. The molecule has 150 valence electrons. The first-order valence-electron chi connectivity index (χ1n) is 8.48. The van der Waals surface area contributed by atoms with Gasteiger partial charge in [-0.25, -0.2) is 18.3 Å². The number of ether oxygens (including phenoxy) is 2. The van der Waals surface area contributed by atoms with Gasteiger partial charge in [0.05, 0.1) is 12.6 Å². The fraction of sp³-hybridized carbons (Fsp3) is 0.222. The number of halogens is 2. The van der Waals surface area contributed by atoms with Crippen LogP contribution in [0.1, 0.15) is 38.1 Å². The van der Waals surface area contributed by atoms with Crippen molar-refractivity contribution in [3.63, 3.8) is 0 Å². The van der Waals surface area contributed by atoms with Crippen LogP contribution in [0.25, 0.3) is 5.65 Å². The molecule has 4 rings (SSSR count). The van der Waals surface area contributed by atoms with E-state index in [2.05, 4.69) is 15.4 Å². The first-order valence-corrected chi connectivity index (χ1v) is 8.48. The molecule has 1 aliphatic heterocycles. The Morgan fingerprint density at radius 3 is 2.93 bits per heavy atom. The van der Waals surface area contributed by atoms with Crippen LogP contribution < -0.4 is 15.8 Å². The van der Waals surface area contributed by atoms with E-state index < -0.39 is 29.5 Å². The van der Waals surface area contributed by atoms with Crippen molar-refractivity contribution in [2.75, 3.05) is 13.7 Å². The lowest BCUT2D eigenvalue weighted by Gasteiger charge is -2.12. The molecule has 0 radical (unpaired) electrons. The van der Waals surface area contributed by atoms with E-state index in [1.807, 2.05) is 0 Å². The molecule has 0 saturated heterocycles. The minimum atomic E-state index is -0.842. The minimum Gasteiger partial charge on any atom is -0.488 e. The molecule has 0 bridgehead atoms. The zero-order valence-electron chi connectivity index (χ0n) is 15.1. The average molecular weight is 403 g/mol. The highest BCUT2D eigenvalue weighted by Gasteiger charge is 2.30. The number of fused-ring (bicyclic) bond motifs is 2. The monoisotopic (exact) mass is 403 g/mol. The predicted octanol–water partition coefficient (Wildman–Crippen LogP) is 1.12. The molecule has 2 amide bonds. The van der Waals surface area contributed by atoms with E-state index in [1.54, 1.807) is 0 Å². The van der Waals surface area contributed by atoms with E-state index in [9.17, 15) is 18.4 Å². The van der Waals surface area contributed by atoms with Gasteiger partial charge in [0, 0.05) is 24.9 Å². The lowest BCUT2D eigenvalue weighted by Crippen LogP contribution is -2.31. The van der Waals surface area contributed by atoms with Gasteiger partial charge in [0.25, 0.3) is 11.8 Å². The van der Waals surface area contributed by atoms with Crippen molar-refractivity contribution in [1.29, 1.82) is 0 Å². The van der Waals surface area contributed by atoms with Crippen LogP contribution in [0, 0.1) is 11.6 Å². The molecule has 0 spiro atoms. The highest BCUT2D eigenvalue weighted by Crippen LogP contribution is 2.35. The zero-order chi connectivity index (χ0) is 20.7. The van der Waals surface area contributed by atoms with Crippen LogP contribution in [-0.2, 0) is 11.3 Å². The van der Waals surface area contributed by atoms with Crippen molar-refractivity contribution in [3.8, 4) is 5.75 Å². The Morgan fingerprint density at radius 1 is 1.41 bits per heavy atom. The molecule has 0 saturated carbocycles. The topological polar surface area (TPSA) is 121 Å². The summed E-state index contributed by atoms with van der Waals surface area (Å²) in [7, 11) is 1.42. The molecule has 29 heavy (non-hydrogen) atoms. The number of carbonyl (C=O) groups excluding carboxylic acids is 2. The molecule has 1 unspecified atom stereocenters. The van der Waals surface area contributed by atoms with Crippen molar-refractivity contribution in [2.24, 2.45) is 5.73 Å². The van der Waals surface area contributed by atoms with E-state index in [1.165, 1.54) is 23.9 Å². The van der Waals surface area contributed by atoms with Gasteiger partial charge >= 0.3 is 0 Å². The highest BCUT2D eigenvalue weighted by molar-refractivity contribution is 6.01. The molecule has 1 aliphatic rings.